The van der Waals surface area contributed by atoms with Crippen molar-refractivity contribution in [1.82, 2.24) is 9.88 Å². The highest BCUT2D eigenvalue weighted by molar-refractivity contribution is 7.22. The molecule has 1 heterocycles. The van der Waals surface area contributed by atoms with Gasteiger partial charge in [0, 0.05) is 12.1 Å². The van der Waals surface area contributed by atoms with Crippen LogP contribution in [0, 0.1) is 6.92 Å². The number of thiazole rings is 1. The van der Waals surface area contributed by atoms with E-state index in [-0.39, 0.29) is 5.91 Å². The number of anilines is 1. The summed E-state index contributed by atoms with van der Waals surface area (Å²) >= 11 is 1.56. The standard InChI is InChI=1S/C26H27N3O2S/c1-19-9-7-12-23-24(19)27-26(32-23)29(18-8-17-28(2)3)25(30)20-13-15-22(16-14-20)31-21-10-5-4-6-11-21/h4-7,9-16H,8,17-18H2,1-3H3. The summed E-state index contributed by atoms with van der Waals surface area (Å²) in [6.07, 6.45) is 0.864. The number of nitrogens with zero attached hydrogens (tertiary/aromatic N) is 3. The number of aryl methyl sites for hydroxylation is 1. The highest BCUT2D eigenvalue weighted by atomic mass is 32.1. The van der Waals surface area contributed by atoms with E-state index in [0.717, 1.165) is 39.6 Å². The largest absolute Gasteiger partial charge is 0.457 e. The van der Waals surface area contributed by atoms with E-state index in [1.54, 1.807) is 16.2 Å². The van der Waals surface area contributed by atoms with Gasteiger partial charge in [0.05, 0.1) is 10.2 Å². The summed E-state index contributed by atoms with van der Waals surface area (Å²) in [5.74, 6) is 1.41. The minimum Gasteiger partial charge on any atom is -0.457 e. The smallest absolute Gasteiger partial charge is 0.260 e. The monoisotopic (exact) mass is 445 g/mol. The summed E-state index contributed by atoms with van der Waals surface area (Å²) in [6.45, 7) is 3.56. The first-order chi connectivity index (χ1) is 15.5. The Morgan fingerprint density at radius 1 is 0.906 bits per heavy atom. The summed E-state index contributed by atoms with van der Waals surface area (Å²) in [6, 6.07) is 23.1. The zero-order chi connectivity index (χ0) is 22.5. The fraction of sp³-hybridized carbons (Fsp3) is 0.231. The van der Waals surface area contributed by atoms with Crippen molar-refractivity contribution < 1.29 is 9.53 Å². The van der Waals surface area contributed by atoms with Gasteiger partial charge >= 0.3 is 0 Å². The van der Waals surface area contributed by atoms with Crippen molar-refractivity contribution in [3.63, 3.8) is 0 Å². The lowest BCUT2D eigenvalue weighted by Gasteiger charge is -2.21. The van der Waals surface area contributed by atoms with Crippen LogP contribution >= 0.6 is 11.3 Å². The second-order valence-electron chi connectivity index (χ2n) is 7.97. The van der Waals surface area contributed by atoms with Gasteiger partial charge < -0.3 is 9.64 Å². The molecule has 0 fully saturated rings. The molecule has 0 N–H and O–H groups in total. The molecule has 6 heteroatoms. The van der Waals surface area contributed by atoms with E-state index in [1.165, 1.54) is 0 Å². The van der Waals surface area contributed by atoms with Gasteiger partial charge in [-0.1, -0.05) is 41.7 Å². The Kier molecular flexibility index (Phi) is 6.83. The molecule has 4 aromatic rings. The first kappa shape index (κ1) is 22.0. The van der Waals surface area contributed by atoms with Gasteiger partial charge in [-0.15, -0.1) is 0 Å². The molecular weight excluding hydrogens is 418 g/mol. The van der Waals surface area contributed by atoms with Crippen LogP contribution < -0.4 is 9.64 Å². The number of carbonyl (C=O) groups excluding carboxylic acids is 1. The Bertz CT molecular complexity index is 1190. The maximum Gasteiger partial charge on any atom is 0.260 e. The molecule has 0 spiro atoms. The van der Waals surface area contributed by atoms with E-state index in [4.69, 9.17) is 9.72 Å². The molecule has 0 aliphatic heterocycles. The first-order valence-electron chi connectivity index (χ1n) is 10.7. The minimum atomic E-state index is -0.0493. The van der Waals surface area contributed by atoms with Crippen LogP contribution in [0.15, 0.2) is 72.8 Å². The highest BCUT2D eigenvalue weighted by Gasteiger charge is 2.21. The lowest BCUT2D eigenvalue weighted by Crippen LogP contribution is -2.33. The van der Waals surface area contributed by atoms with E-state index in [2.05, 4.69) is 24.0 Å². The SMILES string of the molecule is Cc1cccc2sc(N(CCCN(C)C)C(=O)c3ccc(Oc4ccccc4)cc3)nc12. The van der Waals surface area contributed by atoms with Crippen LogP contribution in [-0.4, -0.2) is 43.0 Å². The van der Waals surface area contributed by atoms with E-state index in [9.17, 15) is 4.79 Å². The molecule has 32 heavy (non-hydrogen) atoms. The molecule has 0 aliphatic carbocycles. The summed E-state index contributed by atoms with van der Waals surface area (Å²) < 4.78 is 6.96. The van der Waals surface area contributed by atoms with Gasteiger partial charge in [0.2, 0.25) is 0 Å². The maximum absolute atomic E-state index is 13.5. The highest BCUT2D eigenvalue weighted by Crippen LogP contribution is 2.32. The lowest BCUT2D eigenvalue weighted by atomic mass is 10.2. The fourth-order valence-corrected chi connectivity index (χ4v) is 4.53. The van der Waals surface area contributed by atoms with Gasteiger partial charge in [-0.25, -0.2) is 4.98 Å². The van der Waals surface area contributed by atoms with Crippen LogP contribution in [0.1, 0.15) is 22.3 Å². The second-order valence-corrected chi connectivity index (χ2v) is 8.98. The fourth-order valence-electron chi connectivity index (χ4n) is 3.47. The van der Waals surface area contributed by atoms with Gasteiger partial charge in [-0.3, -0.25) is 9.69 Å². The molecule has 0 unspecified atom stereocenters. The Balaban J connectivity index is 1.58. The van der Waals surface area contributed by atoms with Crippen molar-refractivity contribution in [3.8, 4) is 11.5 Å². The number of para-hydroxylation sites is 2. The summed E-state index contributed by atoms with van der Waals surface area (Å²) in [7, 11) is 4.08. The van der Waals surface area contributed by atoms with Gasteiger partial charge in [0.15, 0.2) is 5.13 Å². The topological polar surface area (TPSA) is 45.7 Å². The zero-order valence-electron chi connectivity index (χ0n) is 18.6. The molecule has 4 rings (SSSR count). The third kappa shape index (κ3) is 5.15. The van der Waals surface area contributed by atoms with Crippen molar-refractivity contribution in [1.29, 1.82) is 0 Å². The molecule has 5 nitrogen and oxygen atoms in total. The number of ether oxygens (including phenoxy) is 1. The number of benzene rings is 3. The summed E-state index contributed by atoms with van der Waals surface area (Å²) in [5, 5.41) is 0.739. The zero-order valence-corrected chi connectivity index (χ0v) is 19.4. The predicted octanol–water partition coefficient (Wildman–Crippen LogP) is 6.00. The van der Waals surface area contributed by atoms with Gasteiger partial charge in [-0.2, -0.15) is 0 Å². The van der Waals surface area contributed by atoms with Crippen LogP contribution in [-0.2, 0) is 0 Å². The van der Waals surface area contributed by atoms with Crippen LogP contribution in [0.3, 0.4) is 0 Å². The molecule has 0 saturated heterocycles. The van der Waals surface area contributed by atoms with Crippen molar-refractivity contribution in [2.24, 2.45) is 0 Å². The van der Waals surface area contributed by atoms with Crippen LogP contribution in [0.25, 0.3) is 10.2 Å². The Morgan fingerprint density at radius 3 is 2.31 bits per heavy atom. The number of rotatable bonds is 8. The number of fused-ring (bicyclic) bond motifs is 1. The number of aromatic nitrogens is 1. The maximum atomic E-state index is 13.5. The number of carbonyl (C=O) groups is 1. The quantitative estimate of drug-likeness (QED) is 0.334. The Morgan fingerprint density at radius 2 is 1.62 bits per heavy atom. The van der Waals surface area contributed by atoms with E-state index in [1.807, 2.05) is 74.8 Å². The van der Waals surface area contributed by atoms with Crippen LogP contribution in [0.4, 0.5) is 5.13 Å². The molecule has 0 aliphatic rings. The van der Waals surface area contributed by atoms with E-state index >= 15 is 0 Å². The van der Waals surface area contributed by atoms with E-state index in [0.29, 0.717) is 17.9 Å². The van der Waals surface area contributed by atoms with Crippen LogP contribution in [0.5, 0.6) is 11.5 Å². The molecular formula is C26H27N3O2S. The average Bonchev–Trinajstić information content (AvgIpc) is 3.23. The van der Waals surface area contributed by atoms with Crippen molar-refractivity contribution in [2.45, 2.75) is 13.3 Å². The number of hydrogen-bond acceptors (Lipinski definition) is 5. The summed E-state index contributed by atoms with van der Waals surface area (Å²) in [4.78, 5) is 22.2. The molecule has 0 bridgehead atoms. The normalized spacial score (nSPS) is 11.1. The predicted molar refractivity (Wildman–Crippen MR) is 132 cm³/mol. The molecule has 164 valence electrons. The first-order valence-corrected chi connectivity index (χ1v) is 11.5. The molecule has 1 aromatic heterocycles. The number of hydrogen-bond donors (Lipinski definition) is 0. The second kappa shape index (κ2) is 9.94. The molecule has 0 radical (unpaired) electrons. The van der Waals surface area contributed by atoms with E-state index < -0.39 is 0 Å². The summed E-state index contributed by atoms with van der Waals surface area (Å²) in [5.41, 5.74) is 2.70. The molecule has 1 amide bonds. The van der Waals surface area contributed by atoms with Gasteiger partial charge in [0.25, 0.3) is 5.91 Å². The third-order valence-electron chi connectivity index (χ3n) is 5.15. The van der Waals surface area contributed by atoms with Crippen LogP contribution in [0.2, 0.25) is 0 Å². The van der Waals surface area contributed by atoms with Crippen molar-refractivity contribution in [2.75, 3.05) is 32.1 Å². The van der Waals surface area contributed by atoms with Crippen molar-refractivity contribution in [3.05, 3.63) is 83.9 Å². The van der Waals surface area contributed by atoms with Crippen molar-refractivity contribution >= 4 is 32.6 Å². The molecule has 0 saturated carbocycles. The lowest BCUT2D eigenvalue weighted by molar-refractivity contribution is 0.0986. The Hall–Kier alpha value is -3.22. The molecule has 0 atom stereocenters. The third-order valence-corrected chi connectivity index (χ3v) is 6.20. The van der Waals surface area contributed by atoms with Gasteiger partial charge in [-0.05, 0) is 82.0 Å². The average molecular weight is 446 g/mol. The molecule has 3 aromatic carbocycles. The van der Waals surface area contributed by atoms with Gasteiger partial charge in [0.1, 0.15) is 11.5 Å². The minimum absolute atomic E-state index is 0.0493. The Labute approximate surface area is 192 Å². The number of amides is 1.